The molecule has 1 unspecified atom stereocenters. The van der Waals surface area contributed by atoms with Gasteiger partial charge in [-0.1, -0.05) is 13.0 Å². The number of hydrogen-bond acceptors (Lipinski definition) is 2. The number of aryl methyl sites for hydroxylation is 1. The molecule has 2 aromatic rings. The second-order valence-electron chi connectivity index (χ2n) is 5.31. The quantitative estimate of drug-likeness (QED) is 0.870. The molecule has 0 bridgehead atoms. The van der Waals surface area contributed by atoms with E-state index in [9.17, 15) is 0 Å². The van der Waals surface area contributed by atoms with E-state index >= 15 is 0 Å². The number of fused-ring (bicyclic) bond motifs is 1. The first-order chi connectivity index (χ1) is 8.85. The van der Waals surface area contributed by atoms with Crippen LogP contribution in [0.4, 0.5) is 0 Å². The third kappa shape index (κ3) is 2.41. The van der Waals surface area contributed by atoms with Crippen LogP contribution in [0.15, 0.2) is 18.2 Å². The molecule has 18 heavy (non-hydrogen) atoms. The summed E-state index contributed by atoms with van der Waals surface area (Å²) < 4.78 is 0. The van der Waals surface area contributed by atoms with Gasteiger partial charge in [-0.05, 0) is 56.0 Å². The van der Waals surface area contributed by atoms with Crippen LogP contribution in [0.2, 0.25) is 0 Å². The predicted octanol–water partition coefficient (Wildman–Crippen LogP) is 2.67. The molecule has 96 valence electrons. The maximum atomic E-state index is 4.55. The molecule has 0 spiro atoms. The number of nitrogens with zero attached hydrogens (tertiary/aromatic N) is 1. The third-order valence-corrected chi connectivity index (χ3v) is 3.85. The Labute approximate surface area is 108 Å². The number of aromatic amines is 1. The molecule has 3 nitrogen and oxygen atoms in total. The van der Waals surface area contributed by atoms with Crippen LogP contribution in [-0.4, -0.2) is 23.1 Å². The van der Waals surface area contributed by atoms with Gasteiger partial charge in [-0.25, -0.2) is 4.98 Å². The molecule has 0 aliphatic carbocycles. The molecule has 1 aliphatic rings. The van der Waals surface area contributed by atoms with Crippen molar-refractivity contribution in [1.82, 2.24) is 15.3 Å². The fraction of sp³-hybridized carbons (Fsp3) is 0.533. The molecule has 1 saturated heterocycles. The molecule has 1 fully saturated rings. The normalized spacial score (nSPS) is 20.4. The Kier molecular flexibility index (Phi) is 3.33. The van der Waals surface area contributed by atoms with Crippen LogP contribution >= 0.6 is 0 Å². The lowest BCUT2D eigenvalue weighted by Gasteiger charge is -2.22. The molecule has 0 amide bonds. The van der Waals surface area contributed by atoms with Gasteiger partial charge in [-0.15, -0.1) is 0 Å². The molecule has 0 saturated carbocycles. The first kappa shape index (κ1) is 11.7. The lowest BCUT2D eigenvalue weighted by Crippen LogP contribution is -2.30. The van der Waals surface area contributed by atoms with E-state index in [1.807, 2.05) is 0 Å². The number of piperidine rings is 1. The summed E-state index contributed by atoms with van der Waals surface area (Å²) in [5.74, 6) is 1.88. The van der Waals surface area contributed by atoms with Crippen molar-refractivity contribution in [2.75, 3.05) is 13.1 Å². The molecular formula is C15H21N3. The highest BCUT2D eigenvalue weighted by molar-refractivity contribution is 5.75. The van der Waals surface area contributed by atoms with E-state index in [1.165, 1.54) is 43.4 Å². The first-order valence-electron chi connectivity index (χ1n) is 7.03. The number of benzene rings is 1. The molecule has 1 atom stereocenters. The zero-order valence-electron chi connectivity index (χ0n) is 11.0. The molecule has 0 radical (unpaired) electrons. The Morgan fingerprint density at radius 1 is 1.39 bits per heavy atom. The predicted molar refractivity (Wildman–Crippen MR) is 74.8 cm³/mol. The van der Waals surface area contributed by atoms with Crippen molar-refractivity contribution >= 4 is 11.0 Å². The van der Waals surface area contributed by atoms with Crippen LogP contribution in [0.1, 0.15) is 31.2 Å². The van der Waals surface area contributed by atoms with Gasteiger partial charge >= 0.3 is 0 Å². The van der Waals surface area contributed by atoms with Gasteiger partial charge in [0.05, 0.1) is 11.0 Å². The Hall–Kier alpha value is -1.35. The minimum Gasteiger partial charge on any atom is -0.342 e. The van der Waals surface area contributed by atoms with Gasteiger partial charge in [0.15, 0.2) is 0 Å². The van der Waals surface area contributed by atoms with Gasteiger partial charge in [0.25, 0.3) is 0 Å². The Bertz CT molecular complexity index is 524. The largest absolute Gasteiger partial charge is 0.342 e. The number of aromatic nitrogens is 2. The van der Waals surface area contributed by atoms with Crippen molar-refractivity contribution in [2.24, 2.45) is 5.92 Å². The molecule has 2 heterocycles. The highest BCUT2D eigenvalue weighted by atomic mass is 14.9. The monoisotopic (exact) mass is 243 g/mol. The zero-order valence-corrected chi connectivity index (χ0v) is 11.0. The first-order valence-corrected chi connectivity index (χ1v) is 7.03. The fourth-order valence-corrected chi connectivity index (χ4v) is 2.84. The van der Waals surface area contributed by atoms with Crippen molar-refractivity contribution in [1.29, 1.82) is 0 Å². The fourth-order valence-electron chi connectivity index (χ4n) is 2.84. The van der Waals surface area contributed by atoms with Crippen molar-refractivity contribution < 1.29 is 0 Å². The van der Waals surface area contributed by atoms with Crippen molar-refractivity contribution in [3.8, 4) is 0 Å². The molecule has 1 aromatic carbocycles. The SMILES string of the molecule is CCc1nc2ccc(CC3CCCNC3)cc2[nH]1. The van der Waals surface area contributed by atoms with Crippen molar-refractivity contribution in [2.45, 2.75) is 32.6 Å². The van der Waals surface area contributed by atoms with Gasteiger partial charge in [0.2, 0.25) is 0 Å². The summed E-state index contributed by atoms with van der Waals surface area (Å²) in [6, 6.07) is 6.66. The smallest absolute Gasteiger partial charge is 0.106 e. The van der Waals surface area contributed by atoms with Gasteiger partial charge in [0.1, 0.15) is 5.82 Å². The summed E-state index contributed by atoms with van der Waals surface area (Å²) in [7, 11) is 0. The Morgan fingerprint density at radius 2 is 2.33 bits per heavy atom. The van der Waals surface area contributed by atoms with E-state index in [-0.39, 0.29) is 0 Å². The van der Waals surface area contributed by atoms with Crippen molar-refractivity contribution in [3.63, 3.8) is 0 Å². The zero-order chi connectivity index (χ0) is 12.4. The molecular weight excluding hydrogens is 222 g/mol. The average Bonchev–Trinajstić information content (AvgIpc) is 2.82. The summed E-state index contributed by atoms with van der Waals surface area (Å²) in [5, 5.41) is 3.49. The lowest BCUT2D eigenvalue weighted by molar-refractivity contribution is 0.376. The van der Waals surface area contributed by atoms with Crippen LogP contribution in [0.25, 0.3) is 11.0 Å². The van der Waals surface area contributed by atoms with Crippen LogP contribution in [0, 0.1) is 5.92 Å². The minimum atomic E-state index is 0.796. The van der Waals surface area contributed by atoms with E-state index in [0.29, 0.717) is 0 Å². The number of nitrogens with one attached hydrogen (secondary N) is 2. The summed E-state index contributed by atoms with van der Waals surface area (Å²) >= 11 is 0. The summed E-state index contributed by atoms with van der Waals surface area (Å²) in [6.07, 6.45) is 4.82. The van der Waals surface area contributed by atoms with Crippen LogP contribution in [0.5, 0.6) is 0 Å². The highest BCUT2D eigenvalue weighted by Gasteiger charge is 2.13. The second-order valence-corrected chi connectivity index (χ2v) is 5.31. The third-order valence-electron chi connectivity index (χ3n) is 3.85. The lowest BCUT2D eigenvalue weighted by atomic mass is 9.92. The van der Waals surface area contributed by atoms with Crippen molar-refractivity contribution in [3.05, 3.63) is 29.6 Å². The number of rotatable bonds is 3. The standard InChI is InChI=1S/C15H21N3/c1-2-15-17-13-6-5-11(9-14(13)18-15)8-12-4-3-7-16-10-12/h5-6,9,12,16H,2-4,7-8,10H2,1H3,(H,17,18). The Balaban J connectivity index is 1.79. The molecule has 1 aliphatic heterocycles. The van der Waals surface area contributed by atoms with E-state index < -0.39 is 0 Å². The van der Waals surface area contributed by atoms with E-state index in [1.54, 1.807) is 0 Å². The van der Waals surface area contributed by atoms with Crippen LogP contribution < -0.4 is 5.32 Å². The number of H-pyrrole nitrogens is 1. The molecule has 2 N–H and O–H groups in total. The van der Waals surface area contributed by atoms with Gasteiger partial charge in [-0.2, -0.15) is 0 Å². The number of hydrogen-bond donors (Lipinski definition) is 2. The maximum absolute atomic E-state index is 4.55. The summed E-state index contributed by atoms with van der Waals surface area (Å²) in [6.45, 7) is 4.49. The summed E-state index contributed by atoms with van der Waals surface area (Å²) in [4.78, 5) is 7.95. The molecule has 1 aromatic heterocycles. The maximum Gasteiger partial charge on any atom is 0.106 e. The van der Waals surface area contributed by atoms with Gasteiger partial charge in [0, 0.05) is 6.42 Å². The van der Waals surface area contributed by atoms with Gasteiger partial charge in [-0.3, -0.25) is 0 Å². The highest BCUT2D eigenvalue weighted by Crippen LogP contribution is 2.20. The summed E-state index contributed by atoms with van der Waals surface area (Å²) in [5.41, 5.74) is 3.72. The van der Waals surface area contributed by atoms with Crippen LogP contribution in [-0.2, 0) is 12.8 Å². The average molecular weight is 243 g/mol. The Morgan fingerprint density at radius 3 is 3.11 bits per heavy atom. The topological polar surface area (TPSA) is 40.7 Å². The molecule has 3 heteroatoms. The number of imidazole rings is 1. The second kappa shape index (κ2) is 5.11. The van der Waals surface area contributed by atoms with Crippen LogP contribution in [0.3, 0.4) is 0 Å². The molecule has 3 rings (SSSR count). The van der Waals surface area contributed by atoms with Gasteiger partial charge < -0.3 is 10.3 Å². The van der Waals surface area contributed by atoms with E-state index in [4.69, 9.17) is 0 Å². The minimum absolute atomic E-state index is 0.796. The van der Waals surface area contributed by atoms with E-state index in [0.717, 1.165) is 23.7 Å². The van der Waals surface area contributed by atoms with E-state index in [2.05, 4.69) is 40.4 Å².